The van der Waals surface area contributed by atoms with Crippen molar-refractivity contribution < 1.29 is 27.5 Å². The van der Waals surface area contributed by atoms with Crippen molar-refractivity contribution in [2.75, 3.05) is 6.54 Å². The van der Waals surface area contributed by atoms with Gasteiger partial charge in [-0.25, -0.2) is 4.79 Å². The topological polar surface area (TPSA) is 55.4 Å². The third-order valence-corrected chi connectivity index (χ3v) is 2.36. The molecule has 0 atom stereocenters. The molecule has 0 saturated carbocycles. The van der Waals surface area contributed by atoms with Crippen molar-refractivity contribution in [1.82, 2.24) is 5.32 Å². The molecule has 0 radical (unpaired) electrons. The van der Waals surface area contributed by atoms with E-state index >= 15 is 0 Å². The van der Waals surface area contributed by atoms with Gasteiger partial charge in [-0.05, 0) is 45.0 Å². The van der Waals surface area contributed by atoms with Gasteiger partial charge in [-0.15, -0.1) is 0 Å². The average molecular weight is 327 g/mol. The van der Waals surface area contributed by atoms with E-state index in [-0.39, 0.29) is 6.54 Å². The van der Waals surface area contributed by atoms with Crippen molar-refractivity contribution >= 4 is 11.9 Å². The molecule has 0 unspecified atom stereocenters. The lowest BCUT2D eigenvalue weighted by Crippen LogP contribution is -2.32. The maximum Gasteiger partial charge on any atom is 0.454 e. The number of alkyl halides is 3. The minimum atomic E-state index is -4.90. The number of halogens is 3. The van der Waals surface area contributed by atoms with Crippen LogP contribution in [0.5, 0.6) is 0 Å². The lowest BCUT2D eigenvalue weighted by atomic mass is 10.1. The molecule has 124 valence electrons. The van der Waals surface area contributed by atoms with Crippen LogP contribution < -0.4 is 5.32 Å². The van der Waals surface area contributed by atoms with Crippen LogP contribution >= 0.6 is 0 Å². The molecule has 23 heavy (non-hydrogen) atoms. The zero-order chi connectivity index (χ0) is 17.7. The minimum absolute atomic E-state index is 0.0259. The number of alkyl carbamates (subject to hydrolysis) is 1. The third-order valence-electron chi connectivity index (χ3n) is 2.36. The summed E-state index contributed by atoms with van der Waals surface area (Å²) in [6.07, 6.45) is -5.51. The Hall–Kier alpha value is -2.49. The number of ketones is 1. The van der Waals surface area contributed by atoms with Crippen molar-refractivity contribution in [2.24, 2.45) is 0 Å². The second kappa shape index (κ2) is 7.18. The molecule has 0 aliphatic carbocycles. The lowest BCUT2D eigenvalue weighted by Gasteiger charge is -2.18. The van der Waals surface area contributed by atoms with E-state index in [1.165, 1.54) is 12.1 Å². The Bertz CT molecular complexity index is 632. The van der Waals surface area contributed by atoms with Gasteiger partial charge >= 0.3 is 12.3 Å². The van der Waals surface area contributed by atoms with Crippen LogP contribution in [0.1, 0.15) is 36.7 Å². The number of Topliss-reactive ketones (excluding diaryl/α,β-unsaturated/α-hetero) is 1. The molecule has 1 aromatic carbocycles. The van der Waals surface area contributed by atoms with Gasteiger partial charge in [-0.2, -0.15) is 13.2 Å². The second-order valence-electron chi connectivity index (χ2n) is 5.56. The van der Waals surface area contributed by atoms with Gasteiger partial charge in [0.15, 0.2) is 0 Å². The summed E-state index contributed by atoms with van der Waals surface area (Å²) in [6.45, 7) is 5.20. The maximum atomic E-state index is 12.2. The molecule has 0 saturated heterocycles. The molecule has 0 aliphatic heterocycles. The zero-order valence-electron chi connectivity index (χ0n) is 12.9. The Labute approximate surface area is 132 Å². The fourth-order valence-electron chi connectivity index (χ4n) is 1.45. The standard InChI is InChI=1S/C16H16F3NO3/c1-15(2,3)23-14(22)20-10-4-5-11-6-8-12(9-7-11)13(21)16(17,18)19/h6-9H,10H2,1-3H3,(H,20,22). The first-order chi connectivity index (χ1) is 10.5. The number of carbonyl (C=O) groups is 2. The monoisotopic (exact) mass is 327 g/mol. The molecule has 4 nitrogen and oxygen atoms in total. The summed E-state index contributed by atoms with van der Waals surface area (Å²) < 4.78 is 41.7. The molecule has 0 aliphatic rings. The fourth-order valence-corrected chi connectivity index (χ4v) is 1.45. The second-order valence-corrected chi connectivity index (χ2v) is 5.56. The largest absolute Gasteiger partial charge is 0.454 e. The van der Waals surface area contributed by atoms with Crippen LogP contribution in [0.2, 0.25) is 0 Å². The van der Waals surface area contributed by atoms with Crippen molar-refractivity contribution in [3.05, 3.63) is 35.4 Å². The van der Waals surface area contributed by atoms with Crippen molar-refractivity contribution in [2.45, 2.75) is 32.5 Å². The van der Waals surface area contributed by atoms with E-state index in [2.05, 4.69) is 17.2 Å². The van der Waals surface area contributed by atoms with Gasteiger partial charge in [0, 0.05) is 11.1 Å². The summed E-state index contributed by atoms with van der Waals surface area (Å²) in [5.41, 5.74) is -0.636. The van der Waals surface area contributed by atoms with E-state index in [4.69, 9.17) is 4.74 Å². The third kappa shape index (κ3) is 6.87. The maximum absolute atomic E-state index is 12.2. The molecule has 0 aromatic heterocycles. The Morgan fingerprint density at radius 1 is 1.13 bits per heavy atom. The first kappa shape index (κ1) is 18.6. The van der Waals surface area contributed by atoms with Crippen LogP contribution in [-0.4, -0.2) is 30.2 Å². The highest BCUT2D eigenvalue weighted by Crippen LogP contribution is 2.21. The number of amides is 1. The SMILES string of the molecule is CC(C)(C)OC(=O)NCC#Cc1ccc(C(=O)C(F)(F)F)cc1. The van der Waals surface area contributed by atoms with E-state index in [1.807, 2.05) is 0 Å². The van der Waals surface area contributed by atoms with Gasteiger partial charge in [-0.3, -0.25) is 4.79 Å². The van der Waals surface area contributed by atoms with Crippen LogP contribution in [0, 0.1) is 11.8 Å². The van der Waals surface area contributed by atoms with Crippen LogP contribution in [0.25, 0.3) is 0 Å². The summed E-state index contributed by atoms with van der Waals surface area (Å²) in [6, 6.07) is 4.72. The number of hydrogen-bond acceptors (Lipinski definition) is 3. The predicted molar refractivity (Wildman–Crippen MR) is 77.9 cm³/mol. The van der Waals surface area contributed by atoms with Gasteiger partial charge in [0.05, 0.1) is 6.54 Å². The number of benzene rings is 1. The smallest absolute Gasteiger partial charge is 0.444 e. The number of hydrogen-bond donors (Lipinski definition) is 1. The van der Waals surface area contributed by atoms with Crippen molar-refractivity contribution in [3.63, 3.8) is 0 Å². The summed E-state index contributed by atoms with van der Waals surface area (Å²) in [7, 11) is 0. The van der Waals surface area contributed by atoms with E-state index in [0.29, 0.717) is 5.56 Å². The van der Waals surface area contributed by atoms with E-state index in [9.17, 15) is 22.8 Å². The first-order valence-electron chi connectivity index (χ1n) is 6.66. The molecule has 1 rings (SSSR count). The highest BCUT2D eigenvalue weighted by atomic mass is 19.4. The predicted octanol–water partition coefficient (Wildman–Crippen LogP) is 3.31. The summed E-state index contributed by atoms with van der Waals surface area (Å²) in [4.78, 5) is 22.3. The van der Waals surface area contributed by atoms with Crippen LogP contribution in [-0.2, 0) is 4.74 Å². The first-order valence-corrected chi connectivity index (χ1v) is 6.66. The summed E-state index contributed by atoms with van der Waals surface area (Å²) in [5, 5.41) is 2.42. The van der Waals surface area contributed by atoms with Gasteiger partial charge in [-0.1, -0.05) is 11.8 Å². The van der Waals surface area contributed by atoms with Gasteiger partial charge in [0.1, 0.15) is 5.60 Å². The molecule has 0 heterocycles. The van der Waals surface area contributed by atoms with Crippen molar-refractivity contribution in [1.29, 1.82) is 0 Å². The Kier molecular flexibility index (Phi) is 5.79. The number of nitrogens with one attached hydrogen (secondary N) is 1. The molecule has 1 aromatic rings. The van der Waals surface area contributed by atoms with Crippen LogP contribution in [0.15, 0.2) is 24.3 Å². The molecule has 7 heteroatoms. The summed E-state index contributed by atoms with van der Waals surface area (Å²) >= 11 is 0. The number of rotatable bonds is 2. The highest BCUT2D eigenvalue weighted by molar-refractivity contribution is 6.00. The minimum Gasteiger partial charge on any atom is -0.444 e. The zero-order valence-corrected chi connectivity index (χ0v) is 12.9. The molecule has 0 bridgehead atoms. The fraction of sp³-hybridized carbons (Fsp3) is 0.375. The van der Waals surface area contributed by atoms with Crippen molar-refractivity contribution in [3.8, 4) is 11.8 Å². The molecular weight excluding hydrogens is 311 g/mol. The van der Waals surface area contributed by atoms with Crippen LogP contribution in [0.3, 0.4) is 0 Å². The quantitative estimate of drug-likeness (QED) is 0.670. The molecular formula is C16H16F3NO3. The molecule has 0 fully saturated rings. The number of carbonyl (C=O) groups excluding carboxylic acids is 2. The Morgan fingerprint density at radius 2 is 1.70 bits per heavy atom. The van der Waals surface area contributed by atoms with E-state index < -0.39 is 29.2 Å². The van der Waals surface area contributed by atoms with E-state index in [0.717, 1.165) is 12.1 Å². The van der Waals surface area contributed by atoms with Gasteiger partial charge < -0.3 is 10.1 Å². The normalized spacial score (nSPS) is 11.2. The average Bonchev–Trinajstić information content (AvgIpc) is 2.40. The summed E-state index contributed by atoms with van der Waals surface area (Å²) in [5.74, 6) is 3.38. The highest BCUT2D eigenvalue weighted by Gasteiger charge is 2.39. The Balaban J connectivity index is 2.57. The van der Waals surface area contributed by atoms with E-state index in [1.54, 1.807) is 20.8 Å². The van der Waals surface area contributed by atoms with Crippen LogP contribution in [0.4, 0.5) is 18.0 Å². The lowest BCUT2D eigenvalue weighted by molar-refractivity contribution is -0.0885. The molecule has 0 spiro atoms. The van der Waals surface area contributed by atoms with Gasteiger partial charge in [0.2, 0.25) is 0 Å². The van der Waals surface area contributed by atoms with Gasteiger partial charge in [0.25, 0.3) is 5.78 Å². The Morgan fingerprint density at radius 3 is 2.17 bits per heavy atom. The molecule has 1 N–H and O–H groups in total. The number of ether oxygens (including phenoxy) is 1. The molecule has 1 amide bonds.